The lowest BCUT2D eigenvalue weighted by atomic mass is 9.96. The highest BCUT2D eigenvalue weighted by Crippen LogP contribution is 2.27. The maximum Gasteiger partial charge on any atom is 0.401 e. The van der Waals surface area contributed by atoms with Crippen molar-refractivity contribution in [2.24, 2.45) is 0 Å². The van der Waals surface area contributed by atoms with Crippen LogP contribution in [-0.2, 0) is 14.6 Å². The van der Waals surface area contributed by atoms with E-state index >= 15 is 0 Å². The first-order valence-corrected chi connectivity index (χ1v) is 8.81. The van der Waals surface area contributed by atoms with Crippen molar-refractivity contribution >= 4 is 15.7 Å². The van der Waals surface area contributed by atoms with Crippen LogP contribution >= 0.6 is 0 Å². The lowest BCUT2D eigenvalue weighted by molar-refractivity contribution is -0.142. The summed E-state index contributed by atoms with van der Waals surface area (Å²) in [6, 6.07) is 0. The van der Waals surface area contributed by atoms with E-state index in [1.54, 1.807) is 0 Å². The van der Waals surface area contributed by atoms with Crippen LogP contribution in [0.3, 0.4) is 0 Å². The summed E-state index contributed by atoms with van der Waals surface area (Å²) >= 11 is 0. The van der Waals surface area contributed by atoms with Crippen LogP contribution in [0, 0.1) is 0 Å². The van der Waals surface area contributed by atoms with Gasteiger partial charge in [-0.1, -0.05) is 0 Å². The van der Waals surface area contributed by atoms with Crippen molar-refractivity contribution in [1.29, 1.82) is 0 Å². The smallest absolute Gasteiger partial charge is 0.353 e. The number of carbonyl (C=O) groups excluding carboxylic acids is 1. The highest BCUT2D eigenvalue weighted by molar-refractivity contribution is 7.92. The van der Waals surface area contributed by atoms with Crippen LogP contribution in [0.1, 0.15) is 12.8 Å². The van der Waals surface area contributed by atoms with Crippen molar-refractivity contribution in [3.8, 4) is 0 Å². The fourth-order valence-corrected chi connectivity index (χ4v) is 3.86. The van der Waals surface area contributed by atoms with E-state index in [1.807, 2.05) is 0 Å². The number of likely N-dealkylation sites (N-methyl/N-ethyl adjacent to an activating group) is 1. The summed E-state index contributed by atoms with van der Waals surface area (Å²) in [6.45, 7) is -0.299. The van der Waals surface area contributed by atoms with Crippen LogP contribution in [0.25, 0.3) is 0 Å². The maximum absolute atomic E-state index is 12.3. The van der Waals surface area contributed by atoms with Crippen LogP contribution in [0.5, 0.6) is 0 Å². The van der Waals surface area contributed by atoms with Gasteiger partial charge in [0.15, 0.2) is 14.6 Å². The number of halogens is 3. The minimum Gasteiger partial charge on any atom is -0.353 e. The summed E-state index contributed by atoms with van der Waals surface area (Å²) in [6.07, 6.45) is -2.96. The second-order valence-corrected chi connectivity index (χ2v) is 7.95. The first-order valence-electron chi connectivity index (χ1n) is 6.92. The van der Waals surface area contributed by atoms with Gasteiger partial charge in [-0.05, 0) is 33.0 Å². The molecule has 0 aromatic rings. The molecule has 1 aliphatic heterocycles. The van der Waals surface area contributed by atoms with Crippen LogP contribution in [-0.4, -0.2) is 76.2 Å². The summed E-state index contributed by atoms with van der Waals surface area (Å²) < 4.78 is 59.0. The van der Waals surface area contributed by atoms with Gasteiger partial charge in [0.2, 0.25) is 5.91 Å². The Morgan fingerprint density at radius 2 is 1.86 bits per heavy atom. The number of rotatable bonds is 6. The Hall–Kier alpha value is -0.870. The Balaban J connectivity index is 2.59. The van der Waals surface area contributed by atoms with Crippen LogP contribution in [0.15, 0.2) is 0 Å². The van der Waals surface area contributed by atoms with Gasteiger partial charge >= 0.3 is 6.18 Å². The molecule has 1 rings (SSSR count). The molecule has 6 nitrogen and oxygen atoms in total. The molecule has 0 unspecified atom stereocenters. The van der Waals surface area contributed by atoms with Gasteiger partial charge in [-0.2, -0.15) is 13.2 Å². The molecule has 0 spiro atoms. The average molecular weight is 345 g/mol. The summed E-state index contributed by atoms with van der Waals surface area (Å²) in [4.78, 5) is 13.3. The van der Waals surface area contributed by atoms with Crippen LogP contribution in [0.2, 0.25) is 0 Å². The summed E-state index contributed by atoms with van der Waals surface area (Å²) in [7, 11) is -2.32. The molecule has 0 aromatic heterocycles. The zero-order chi connectivity index (χ0) is 17.0. The molecule has 1 saturated heterocycles. The molecule has 1 fully saturated rings. The van der Waals surface area contributed by atoms with E-state index in [-0.39, 0.29) is 25.9 Å². The second-order valence-electron chi connectivity index (χ2n) is 5.63. The van der Waals surface area contributed by atoms with E-state index < -0.39 is 33.2 Å². The molecule has 0 aromatic carbocycles. The molecule has 0 bridgehead atoms. The number of piperidine rings is 1. The summed E-state index contributed by atoms with van der Waals surface area (Å²) in [5.74, 6) is -0.628. The fourth-order valence-electron chi connectivity index (χ4n) is 2.50. The van der Waals surface area contributed by atoms with Gasteiger partial charge in [-0.15, -0.1) is 0 Å². The first kappa shape index (κ1) is 19.2. The minimum atomic E-state index is -4.30. The Morgan fingerprint density at radius 3 is 2.32 bits per heavy atom. The normalized spacial score (nSPS) is 19.2. The van der Waals surface area contributed by atoms with Crippen LogP contribution in [0.4, 0.5) is 13.2 Å². The van der Waals surface area contributed by atoms with E-state index in [0.717, 1.165) is 11.2 Å². The molecule has 10 heteroatoms. The van der Waals surface area contributed by atoms with Crippen molar-refractivity contribution in [2.75, 3.05) is 46.0 Å². The van der Waals surface area contributed by atoms with Gasteiger partial charge in [-0.3, -0.25) is 9.69 Å². The number of hydrogen-bond acceptors (Lipinski definition) is 5. The Kier molecular flexibility index (Phi) is 6.22. The van der Waals surface area contributed by atoms with E-state index in [0.29, 0.717) is 13.1 Å². The number of hydrogen-bond donors (Lipinski definition) is 2. The lowest BCUT2D eigenvalue weighted by Gasteiger charge is -2.34. The van der Waals surface area contributed by atoms with Crippen molar-refractivity contribution in [2.45, 2.75) is 23.8 Å². The highest BCUT2D eigenvalue weighted by Gasteiger charge is 2.48. The van der Waals surface area contributed by atoms with Crippen molar-refractivity contribution in [3.05, 3.63) is 0 Å². The van der Waals surface area contributed by atoms with Gasteiger partial charge in [-0.25, -0.2) is 8.42 Å². The molecule has 130 valence electrons. The zero-order valence-electron chi connectivity index (χ0n) is 12.7. The average Bonchev–Trinajstić information content (AvgIpc) is 2.36. The topological polar surface area (TPSA) is 78.5 Å². The predicted molar refractivity (Wildman–Crippen MR) is 76.2 cm³/mol. The van der Waals surface area contributed by atoms with Gasteiger partial charge in [0.05, 0.1) is 6.54 Å². The largest absolute Gasteiger partial charge is 0.401 e. The third-order valence-electron chi connectivity index (χ3n) is 3.76. The maximum atomic E-state index is 12.3. The Morgan fingerprint density at radius 1 is 1.32 bits per heavy atom. The zero-order valence-corrected chi connectivity index (χ0v) is 13.5. The monoisotopic (exact) mass is 345 g/mol. The molecule has 1 heterocycles. The second kappa shape index (κ2) is 7.14. The summed E-state index contributed by atoms with van der Waals surface area (Å²) in [5, 5.41) is 5.45. The van der Waals surface area contributed by atoms with Gasteiger partial charge < -0.3 is 10.6 Å². The number of sulfone groups is 1. The first-order chi connectivity index (χ1) is 9.98. The molecule has 0 radical (unpaired) electrons. The third-order valence-corrected chi connectivity index (χ3v) is 5.78. The molecule has 0 aliphatic carbocycles. The van der Waals surface area contributed by atoms with E-state index in [2.05, 4.69) is 10.6 Å². The third kappa shape index (κ3) is 5.10. The Bertz CT molecular complexity index is 488. The standard InChI is InChI=1S/C12H22F3N3O3S/c1-18(9-12(13,14)15)8-7-17-10(19)11(22(2,20)21)3-5-16-6-4-11/h16H,3-9H2,1-2H3,(H,17,19). The molecule has 1 aliphatic rings. The van der Waals surface area contributed by atoms with Gasteiger partial charge in [0, 0.05) is 19.3 Å². The molecule has 0 atom stereocenters. The van der Waals surface area contributed by atoms with E-state index in [9.17, 15) is 26.4 Å². The minimum absolute atomic E-state index is 0.0106. The quantitative estimate of drug-likeness (QED) is 0.695. The highest BCUT2D eigenvalue weighted by atomic mass is 32.2. The van der Waals surface area contributed by atoms with Crippen molar-refractivity contribution in [1.82, 2.24) is 15.5 Å². The molecular weight excluding hydrogens is 323 g/mol. The number of amides is 1. The number of alkyl halides is 3. The molecule has 0 saturated carbocycles. The van der Waals surface area contributed by atoms with Gasteiger partial charge in [0.25, 0.3) is 0 Å². The van der Waals surface area contributed by atoms with Gasteiger partial charge in [0.1, 0.15) is 0 Å². The van der Waals surface area contributed by atoms with Crippen molar-refractivity contribution in [3.63, 3.8) is 0 Å². The lowest BCUT2D eigenvalue weighted by Crippen LogP contribution is -2.57. The molecular formula is C12H22F3N3O3S. The number of carbonyl (C=O) groups is 1. The van der Waals surface area contributed by atoms with E-state index in [1.165, 1.54) is 7.05 Å². The van der Waals surface area contributed by atoms with E-state index in [4.69, 9.17) is 0 Å². The Labute approximate surface area is 128 Å². The summed E-state index contributed by atoms with van der Waals surface area (Å²) in [5.41, 5.74) is 0. The van der Waals surface area contributed by atoms with Crippen molar-refractivity contribution < 1.29 is 26.4 Å². The number of nitrogens with zero attached hydrogens (tertiary/aromatic N) is 1. The predicted octanol–water partition coefficient (Wildman–Crippen LogP) is -0.236. The van der Waals surface area contributed by atoms with Crippen LogP contribution < -0.4 is 10.6 Å². The fraction of sp³-hybridized carbons (Fsp3) is 0.917. The molecule has 1 amide bonds. The molecule has 2 N–H and O–H groups in total. The molecule has 22 heavy (non-hydrogen) atoms. The number of nitrogens with one attached hydrogen (secondary N) is 2. The SMILES string of the molecule is CN(CCNC(=O)C1(S(C)(=O)=O)CCNCC1)CC(F)(F)F.